The smallest absolute Gasteiger partial charge is 0.307 e. The van der Waals surface area contributed by atoms with E-state index in [9.17, 15) is 13.2 Å². The Morgan fingerprint density at radius 3 is 2.53 bits per heavy atom. The molecule has 1 rings (SSSR count). The first kappa shape index (κ1) is 15.6. The molecule has 0 fully saturated rings. The van der Waals surface area contributed by atoms with Gasteiger partial charge in [0.25, 0.3) is 0 Å². The number of nitrogens with zero attached hydrogens (tertiary/aromatic N) is 2. The predicted octanol–water partition coefficient (Wildman–Crippen LogP) is 0.600. The van der Waals surface area contributed by atoms with E-state index in [-0.39, 0.29) is 24.5 Å². The number of hydrogen-bond acceptors (Lipinski definition) is 5. The first-order valence-electron chi connectivity index (χ1n) is 5.94. The van der Waals surface area contributed by atoms with Crippen LogP contribution in [0.3, 0.4) is 0 Å². The molecule has 1 heterocycles. The first-order chi connectivity index (χ1) is 8.80. The van der Waals surface area contributed by atoms with E-state index in [0.29, 0.717) is 11.4 Å². The van der Waals surface area contributed by atoms with Gasteiger partial charge in [-0.3, -0.25) is 9.89 Å². The molecule has 0 bridgehead atoms. The number of aromatic amines is 1. The molecule has 0 saturated heterocycles. The van der Waals surface area contributed by atoms with E-state index in [0.717, 1.165) is 4.31 Å². The summed E-state index contributed by atoms with van der Waals surface area (Å²) in [4.78, 5) is 11.4. The maximum atomic E-state index is 12.3. The molecule has 19 heavy (non-hydrogen) atoms. The van der Waals surface area contributed by atoms with Gasteiger partial charge in [0.1, 0.15) is 4.90 Å². The second kappa shape index (κ2) is 6.16. The maximum absolute atomic E-state index is 12.3. The maximum Gasteiger partial charge on any atom is 0.307 e. The van der Waals surface area contributed by atoms with Crippen LogP contribution in [0.4, 0.5) is 0 Å². The summed E-state index contributed by atoms with van der Waals surface area (Å²) in [5.74, 6) is -0.412. The van der Waals surface area contributed by atoms with E-state index in [2.05, 4.69) is 10.2 Å². The number of esters is 1. The zero-order chi connectivity index (χ0) is 14.6. The molecule has 8 heteroatoms. The first-order valence-corrected chi connectivity index (χ1v) is 7.38. The summed E-state index contributed by atoms with van der Waals surface area (Å²) in [5, 5.41) is 6.50. The molecule has 0 aliphatic rings. The number of carbonyl (C=O) groups excluding carboxylic acids is 1. The lowest BCUT2D eigenvalue weighted by Gasteiger charge is -2.16. The Morgan fingerprint density at radius 1 is 1.42 bits per heavy atom. The van der Waals surface area contributed by atoms with Crippen molar-refractivity contribution in [1.29, 1.82) is 0 Å². The van der Waals surface area contributed by atoms with Gasteiger partial charge in [0.05, 0.1) is 24.4 Å². The highest BCUT2D eigenvalue weighted by Crippen LogP contribution is 2.20. The van der Waals surface area contributed by atoms with Crippen molar-refractivity contribution in [2.75, 3.05) is 20.2 Å². The van der Waals surface area contributed by atoms with Crippen molar-refractivity contribution >= 4 is 16.0 Å². The minimum absolute atomic E-state index is 0.0273. The third-order valence-electron chi connectivity index (χ3n) is 2.66. The molecule has 1 aromatic rings. The van der Waals surface area contributed by atoms with Gasteiger partial charge in [0.2, 0.25) is 10.0 Å². The lowest BCUT2D eigenvalue weighted by molar-refractivity contribution is -0.143. The molecule has 1 N–H and O–H groups in total. The molecule has 7 nitrogen and oxygen atoms in total. The number of rotatable bonds is 6. The second-order valence-electron chi connectivity index (χ2n) is 4.14. The molecule has 0 saturated carbocycles. The molecule has 0 aliphatic heterocycles. The van der Waals surface area contributed by atoms with Crippen molar-refractivity contribution in [3.05, 3.63) is 11.4 Å². The summed E-state index contributed by atoms with van der Waals surface area (Å²) >= 11 is 0. The number of carbonyl (C=O) groups is 1. The van der Waals surface area contributed by atoms with Crippen LogP contribution in [0.25, 0.3) is 0 Å². The fraction of sp³-hybridized carbons (Fsp3) is 0.636. The van der Waals surface area contributed by atoms with Crippen molar-refractivity contribution in [3.8, 4) is 0 Å². The summed E-state index contributed by atoms with van der Waals surface area (Å²) < 4.78 is 30.5. The molecular formula is C11H19N3O4S. The van der Waals surface area contributed by atoms with Gasteiger partial charge < -0.3 is 4.74 Å². The average Bonchev–Trinajstić information content (AvgIpc) is 2.66. The summed E-state index contributed by atoms with van der Waals surface area (Å²) in [6, 6.07) is 0. The predicted molar refractivity (Wildman–Crippen MR) is 69.1 cm³/mol. The van der Waals surface area contributed by atoms with Gasteiger partial charge in [-0.25, -0.2) is 12.7 Å². The van der Waals surface area contributed by atoms with E-state index in [1.165, 1.54) is 7.05 Å². The Bertz CT molecular complexity index is 531. The Kier molecular flexibility index (Phi) is 5.07. The monoisotopic (exact) mass is 289 g/mol. The largest absolute Gasteiger partial charge is 0.466 e. The normalized spacial score (nSPS) is 11.8. The number of H-pyrrole nitrogens is 1. The van der Waals surface area contributed by atoms with Crippen molar-refractivity contribution < 1.29 is 17.9 Å². The third-order valence-corrected chi connectivity index (χ3v) is 4.79. The quantitative estimate of drug-likeness (QED) is 0.774. The van der Waals surface area contributed by atoms with Gasteiger partial charge >= 0.3 is 5.97 Å². The molecule has 0 aromatic carbocycles. The molecule has 1 aromatic heterocycles. The zero-order valence-electron chi connectivity index (χ0n) is 11.6. The van der Waals surface area contributed by atoms with Gasteiger partial charge in [-0.2, -0.15) is 5.10 Å². The minimum atomic E-state index is -3.64. The highest BCUT2D eigenvalue weighted by molar-refractivity contribution is 7.89. The van der Waals surface area contributed by atoms with Crippen LogP contribution < -0.4 is 0 Å². The molecule has 0 radical (unpaired) electrons. The Morgan fingerprint density at radius 2 is 2.05 bits per heavy atom. The number of ether oxygens (including phenoxy) is 1. The second-order valence-corrected chi connectivity index (χ2v) is 6.13. The van der Waals surface area contributed by atoms with Crippen LogP contribution in [0.15, 0.2) is 4.90 Å². The van der Waals surface area contributed by atoms with E-state index in [1.807, 2.05) is 0 Å². The average molecular weight is 289 g/mol. The van der Waals surface area contributed by atoms with Crippen molar-refractivity contribution in [3.63, 3.8) is 0 Å². The standard InChI is InChI=1S/C11H19N3O4S/c1-5-18-10(15)6-7-14(4)19(16,17)11-8(2)12-13-9(11)3/h5-7H2,1-4H3,(H,12,13). The van der Waals surface area contributed by atoms with Crippen molar-refractivity contribution in [2.24, 2.45) is 0 Å². The number of nitrogens with one attached hydrogen (secondary N) is 1. The molecule has 0 atom stereocenters. The highest BCUT2D eigenvalue weighted by atomic mass is 32.2. The van der Waals surface area contributed by atoms with Crippen LogP contribution in [-0.4, -0.2) is 49.1 Å². The summed E-state index contributed by atoms with van der Waals surface area (Å²) in [7, 11) is -2.20. The van der Waals surface area contributed by atoms with Gasteiger partial charge in [0, 0.05) is 13.6 Å². The number of sulfonamides is 1. The molecule has 108 valence electrons. The Hall–Kier alpha value is -1.41. The third kappa shape index (κ3) is 3.54. The molecule has 0 spiro atoms. The highest BCUT2D eigenvalue weighted by Gasteiger charge is 2.27. The Balaban J connectivity index is 2.81. The SMILES string of the molecule is CCOC(=O)CCN(C)S(=O)(=O)c1c(C)n[nH]c1C. The van der Waals surface area contributed by atoms with Crippen LogP contribution in [0, 0.1) is 13.8 Å². The fourth-order valence-electron chi connectivity index (χ4n) is 1.68. The molecule has 0 unspecified atom stereocenters. The van der Waals surface area contributed by atoms with Crippen LogP contribution >= 0.6 is 0 Å². The Labute approximate surface area is 113 Å². The number of aryl methyl sites for hydroxylation is 2. The van der Waals surface area contributed by atoms with Gasteiger partial charge in [-0.15, -0.1) is 0 Å². The van der Waals surface area contributed by atoms with Gasteiger partial charge in [0.15, 0.2) is 0 Å². The van der Waals surface area contributed by atoms with E-state index in [1.54, 1.807) is 20.8 Å². The molecule has 0 amide bonds. The van der Waals surface area contributed by atoms with Gasteiger partial charge in [-0.05, 0) is 20.8 Å². The number of hydrogen-bond donors (Lipinski definition) is 1. The minimum Gasteiger partial charge on any atom is -0.466 e. The summed E-state index contributed by atoms with van der Waals surface area (Å²) in [5.41, 5.74) is 0.904. The lowest BCUT2D eigenvalue weighted by atomic mass is 10.4. The fourth-order valence-corrected chi connectivity index (χ4v) is 3.17. The zero-order valence-corrected chi connectivity index (χ0v) is 12.4. The van der Waals surface area contributed by atoms with Crippen LogP contribution in [-0.2, 0) is 19.6 Å². The molecule has 0 aliphatic carbocycles. The molecular weight excluding hydrogens is 270 g/mol. The van der Waals surface area contributed by atoms with Crippen molar-refractivity contribution in [2.45, 2.75) is 32.1 Å². The summed E-state index contributed by atoms with van der Waals surface area (Å²) in [6.07, 6.45) is 0.0273. The van der Waals surface area contributed by atoms with E-state index >= 15 is 0 Å². The van der Waals surface area contributed by atoms with Crippen LogP contribution in [0.2, 0.25) is 0 Å². The van der Waals surface area contributed by atoms with E-state index in [4.69, 9.17) is 4.74 Å². The van der Waals surface area contributed by atoms with Crippen LogP contribution in [0.5, 0.6) is 0 Å². The van der Waals surface area contributed by atoms with E-state index < -0.39 is 16.0 Å². The van der Waals surface area contributed by atoms with Crippen molar-refractivity contribution in [1.82, 2.24) is 14.5 Å². The summed E-state index contributed by atoms with van der Waals surface area (Å²) in [6.45, 7) is 5.33. The van der Waals surface area contributed by atoms with Crippen LogP contribution in [0.1, 0.15) is 24.7 Å². The lowest BCUT2D eigenvalue weighted by Crippen LogP contribution is -2.30. The number of aromatic nitrogens is 2. The van der Waals surface area contributed by atoms with Gasteiger partial charge in [-0.1, -0.05) is 0 Å². The topological polar surface area (TPSA) is 92.4 Å².